The molecular weight excluding hydrogens is 518 g/mol. The van der Waals surface area contributed by atoms with Crippen molar-refractivity contribution in [1.82, 2.24) is 10.2 Å². The number of halogens is 1. The lowest BCUT2D eigenvalue weighted by molar-refractivity contribution is -0.138. The lowest BCUT2D eigenvalue weighted by atomic mass is 9.94. The van der Waals surface area contributed by atoms with Crippen LogP contribution < -0.4 is 19.7 Å². The van der Waals surface area contributed by atoms with E-state index in [0.29, 0.717) is 40.9 Å². The van der Waals surface area contributed by atoms with Crippen LogP contribution in [0.2, 0.25) is 5.02 Å². The maximum absolute atomic E-state index is 14.1. The second kappa shape index (κ2) is 12.6. The Hall–Kier alpha value is -2.81. The third-order valence-electron chi connectivity index (χ3n) is 7.07. The summed E-state index contributed by atoms with van der Waals surface area (Å²) in [5, 5.41) is 3.51. The summed E-state index contributed by atoms with van der Waals surface area (Å²) >= 11 is 6.48. The average Bonchev–Trinajstić information content (AvgIpc) is 3.38. The molecule has 2 aliphatic heterocycles. The summed E-state index contributed by atoms with van der Waals surface area (Å²) in [4.78, 5) is 31.2. The number of benzene rings is 2. The number of nitrogens with zero attached hydrogens (tertiary/aromatic N) is 2. The Labute approximate surface area is 236 Å². The Morgan fingerprint density at radius 3 is 2.51 bits per heavy atom. The molecule has 9 heteroatoms. The highest BCUT2D eigenvalue weighted by atomic mass is 35.5. The molecule has 0 saturated carbocycles. The van der Waals surface area contributed by atoms with Gasteiger partial charge in [-0.3, -0.25) is 9.59 Å². The van der Waals surface area contributed by atoms with Crippen molar-refractivity contribution in [3.63, 3.8) is 0 Å². The van der Waals surface area contributed by atoms with E-state index in [-0.39, 0.29) is 23.7 Å². The van der Waals surface area contributed by atoms with Crippen molar-refractivity contribution in [2.75, 3.05) is 51.8 Å². The normalized spacial score (nSPS) is 19.9. The van der Waals surface area contributed by atoms with Crippen molar-refractivity contribution in [2.45, 2.75) is 52.2 Å². The monoisotopic (exact) mass is 557 g/mol. The molecule has 0 aromatic heterocycles. The summed E-state index contributed by atoms with van der Waals surface area (Å²) in [6.45, 7) is 10.1. The van der Waals surface area contributed by atoms with Crippen LogP contribution in [0.1, 0.15) is 57.3 Å². The average molecular weight is 558 g/mol. The molecule has 2 aromatic rings. The number of carbonyl (C=O) groups is 2. The zero-order chi connectivity index (χ0) is 28.2. The molecule has 2 heterocycles. The van der Waals surface area contributed by atoms with Crippen LogP contribution in [-0.4, -0.2) is 69.8 Å². The van der Waals surface area contributed by atoms with Gasteiger partial charge in [-0.25, -0.2) is 0 Å². The van der Waals surface area contributed by atoms with E-state index in [4.69, 9.17) is 25.8 Å². The number of fused-ring (bicyclic) bond motifs is 1. The lowest BCUT2D eigenvalue weighted by Gasteiger charge is -2.31. The van der Waals surface area contributed by atoms with Crippen molar-refractivity contribution in [3.8, 4) is 11.5 Å². The van der Waals surface area contributed by atoms with Crippen LogP contribution in [0.5, 0.6) is 11.5 Å². The van der Waals surface area contributed by atoms with Crippen molar-refractivity contribution in [1.29, 1.82) is 0 Å². The molecule has 1 fully saturated rings. The van der Waals surface area contributed by atoms with E-state index in [0.717, 1.165) is 25.2 Å². The Morgan fingerprint density at radius 2 is 1.85 bits per heavy atom. The predicted molar refractivity (Wildman–Crippen MR) is 153 cm³/mol. The highest BCUT2D eigenvalue weighted by Crippen LogP contribution is 2.45. The largest absolute Gasteiger partial charge is 0.493 e. The maximum atomic E-state index is 14.1. The number of anilines is 1. The summed E-state index contributed by atoms with van der Waals surface area (Å²) in [5.41, 5.74) is 1.91. The van der Waals surface area contributed by atoms with E-state index in [1.165, 1.54) is 12.8 Å². The number of methoxy groups -OCH3 is 2. The van der Waals surface area contributed by atoms with Gasteiger partial charge in [-0.1, -0.05) is 44.5 Å². The molecule has 0 bridgehead atoms. The SMILES string of the molecule is COc1cccc([C@H]2O[C@H](CC(=O)NCCN3CCCC3)C(=O)N(CC(C)(C)C)c3ccc(Cl)cc32)c1OC. The molecular formula is C30H40ClN3O5. The number of para-hydroxylation sites is 1. The minimum atomic E-state index is -1.01. The van der Waals surface area contributed by atoms with Gasteiger partial charge in [-0.05, 0) is 55.6 Å². The van der Waals surface area contributed by atoms with E-state index < -0.39 is 12.2 Å². The molecule has 8 nitrogen and oxygen atoms in total. The summed E-state index contributed by atoms with van der Waals surface area (Å²) in [6.07, 6.45) is 0.569. The van der Waals surface area contributed by atoms with Crippen LogP contribution in [0, 0.1) is 5.41 Å². The molecule has 1 N–H and O–H groups in total. The number of carbonyl (C=O) groups excluding carboxylic acids is 2. The number of ether oxygens (including phenoxy) is 3. The minimum absolute atomic E-state index is 0.0933. The summed E-state index contributed by atoms with van der Waals surface area (Å²) in [6, 6.07) is 11.0. The van der Waals surface area contributed by atoms with E-state index in [9.17, 15) is 9.59 Å². The van der Waals surface area contributed by atoms with Crippen molar-refractivity contribution in [3.05, 3.63) is 52.5 Å². The van der Waals surface area contributed by atoms with Gasteiger partial charge in [0.1, 0.15) is 12.2 Å². The molecule has 4 rings (SSSR count). The molecule has 2 aromatic carbocycles. The van der Waals surface area contributed by atoms with Gasteiger partial charge in [0.2, 0.25) is 5.91 Å². The van der Waals surface area contributed by atoms with Crippen LogP contribution in [0.4, 0.5) is 5.69 Å². The number of rotatable bonds is 9. The first-order valence-electron chi connectivity index (χ1n) is 13.6. The second-order valence-electron chi connectivity index (χ2n) is 11.4. The van der Waals surface area contributed by atoms with Gasteiger partial charge in [0, 0.05) is 41.5 Å². The van der Waals surface area contributed by atoms with Gasteiger partial charge >= 0.3 is 0 Å². The van der Waals surface area contributed by atoms with Gasteiger partial charge in [-0.15, -0.1) is 0 Å². The summed E-state index contributed by atoms with van der Waals surface area (Å²) in [7, 11) is 3.14. The third-order valence-corrected chi connectivity index (χ3v) is 7.31. The Kier molecular flexibility index (Phi) is 9.41. The van der Waals surface area contributed by atoms with Gasteiger partial charge < -0.3 is 29.3 Å². The number of likely N-dealkylation sites (tertiary alicyclic amines) is 1. The second-order valence-corrected chi connectivity index (χ2v) is 11.8. The zero-order valence-corrected chi connectivity index (χ0v) is 24.3. The van der Waals surface area contributed by atoms with Gasteiger partial charge in [0.15, 0.2) is 11.5 Å². The molecule has 2 amide bonds. The first kappa shape index (κ1) is 29.2. The fourth-order valence-corrected chi connectivity index (χ4v) is 5.48. The highest BCUT2D eigenvalue weighted by Gasteiger charge is 2.40. The van der Waals surface area contributed by atoms with Crippen LogP contribution in [0.3, 0.4) is 0 Å². The first-order chi connectivity index (χ1) is 18.6. The zero-order valence-electron chi connectivity index (χ0n) is 23.6. The van der Waals surface area contributed by atoms with E-state index in [1.807, 2.05) is 24.3 Å². The van der Waals surface area contributed by atoms with Crippen LogP contribution in [-0.2, 0) is 14.3 Å². The summed E-state index contributed by atoms with van der Waals surface area (Å²) in [5.74, 6) is 0.568. The Balaban J connectivity index is 1.71. The lowest BCUT2D eigenvalue weighted by Crippen LogP contribution is -2.45. The molecule has 2 atom stereocenters. The molecule has 0 radical (unpaired) electrons. The van der Waals surface area contributed by atoms with Gasteiger partial charge in [-0.2, -0.15) is 0 Å². The number of hydrogen-bond acceptors (Lipinski definition) is 6. The fourth-order valence-electron chi connectivity index (χ4n) is 5.30. The maximum Gasteiger partial charge on any atom is 0.256 e. The topological polar surface area (TPSA) is 80.3 Å². The summed E-state index contributed by atoms with van der Waals surface area (Å²) < 4.78 is 17.9. The molecule has 0 unspecified atom stereocenters. The van der Waals surface area contributed by atoms with Crippen molar-refractivity contribution in [2.24, 2.45) is 5.41 Å². The number of nitrogens with one attached hydrogen (secondary N) is 1. The fraction of sp³-hybridized carbons (Fsp3) is 0.533. The standard InChI is InChI=1S/C30H40ClN3O5/c1-30(2,3)19-34-23-12-11-20(31)17-22(23)27(21-9-8-10-24(37-4)28(21)38-5)39-25(29(34)36)18-26(35)32-13-16-33-14-6-7-15-33/h8-12,17,25,27H,6-7,13-16,18-19H2,1-5H3,(H,32,35)/t25-,27-/m1/s1. The van der Waals surface area contributed by atoms with E-state index >= 15 is 0 Å². The molecule has 0 aliphatic carbocycles. The minimum Gasteiger partial charge on any atom is -0.493 e. The van der Waals surface area contributed by atoms with E-state index in [2.05, 4.69) is 31.0 Å². The molecule has 212 valence electrons. The Bertz CT molecular complexity index is 1180. The van der Waals surface area contributed by atoms with Gasteiger partial charge in [0.25, 0.3) is 5.91 Å². The molecule has 39 heavy (non-hydrogen) atoms. The van der Waals surface area contributed by atoms with Crippen LogP contribution in [0.25, 0.3) is 0 Å². The molecule has 2 aliphatic rings. The van der Waals surface area contributed by atoms with Crippen LogP contribution in [0.15, 0.2) is 36.4 Å². The third kappa shape index (κ3) is 7.04. The van der Waals surface area contributed by atoms with Crippen molar-refractivity contribution < 1.29 is 23.8 Å². The smallest absolute Gasteiger partial charge is 0.256 e. The predicted octanol–water partition coefficient (Wildman–Crippen LogP) is 4.83. The van der Waals surface area contributed by atoms with E-state index in [1.54, 1.807) is 31.3 Å². The molecule has 0 spiro atoms. The first-order valence-corrected chi connectivity index (χ1v) is 14.0. The quantitative estimate of drug-likeness (QED) is 0.476. The Morgan fingerprint density at radius 1 is 1.10 bits per heavy atom. The number of amides is 2. The highest BCUT2D eigenvalue weighted by molar-refractivity contribution is 6.30. The number of hydrogen-bond donors (Lipinski definition) is 1. The molecule has 1 saturated heterocycles. The van der Waals surface area contributed by atoms with Gasteiger partial charge in [0.05, 0.1) is 20.6 Å². The van der Waals surface area contributed by atoms with Crippen LogP contribution >= 0.6 is 11.6 Å². The van der Waals surface area contributed by atoms with Crippen molar-refractivity contribution >= 4 is 29.1 Å².